The van der Waals surface area contributed by atoms with Crippen LogP contribution in [0.15, 0.2) is 27.4 Å². The van der Waals surface area contributed by atoms with Gasteiger partial charge in [-0.05, 0) is 36.6 Å². The van der Waals surface area contributed by atoms with Crippen LogP contribution < -0.4 is 17.2 Å². The van der Waals surface area contributed by atoms with Gasteiger partial charge >= 0.3 is 5.76 Å². The van der Waals surface area contributed by atoms with Crippen LogP contribution in [0.5, 0.6) is 0 Å². The summed E-state index contributed by atoms with van der Waals surface area (Å²) in [5.74, 6) is -0.149. The molecule has 0 aliphatic heterocycles. The number of hydrogen-bond acceptors (Lipinski definition) is 4. The minimum Gasteiger partial charge on any atom is -0.408 e. The third-order valence-corrected chi connectivity index (χ3v) is 3.07. The van der Waals surface area contributed by atoms with Crippen LogP contribution in [-0.4, -0.2) is 11.5 Å². The summed E-state index contributed by atoms with van der Waals surface area (Å²) >= 11 is 0. The molecular formula is C12H17N3O2. The molecule has 0 bridgehead atoms. The van der Waals surface area contributed by atoms with Gasteiger partial charge in [-0.1, -0.05) is 13.0 Å². The monoisotopic (exact) mass is 235 g/mol. The van der Waals surface area contributed by atoms with Crippen molar-refractivity contribution < 1.29 is 4.42 Å². The van der Waals surface area contributed by atoms with Crippen LogP contribution in [0.4, 0.5) is 0 Å². The van der Waals surface area contributed by atoms with E-state index in [1.165, 1.54) is 0 Å². The standard InChI is InChI=1S/C12H17N3O2/c1-7(4-5-13)11(14)8-2-3-9-10(6-8)17-12(16)15-9/h2-3,6-7,11H,4-5,13-14H2,1H3,(H,15,16). The van der Waals surface area contributed by atoms with Crippen molar-refractivity contribution in [3.63, 3.8) is 0 Å². The molecule has 92 valence electrons. The highest BCUT2D eigenvalue weighted by Crippen LogP contribution is 2.24. The van der Waals surface area contributed by atoms with Gasteiger partial charge in [0.05, 0.1) is 5.52 Å². The number of nitrogens with two attached hydrogens (primary N) is 2. The van der Waals surface area contributed by atoms with Gasteiger partial charge in [-0.3, -0.25) is 4.98 Å². The molecule has 2 atom stereocenters. The number of aromatic amines is 1. The number of hydrogen-bond donors (Lipinski definition) is 3. The summed E-state index contributed by atoms with van der Waals surface area (Å²) in [4.78, 5) is 13.6. The van der Waals surface area contributed by atoms with Gasteiger partial charge in [-0.2, -0.15) is 0 Å². The van der Waals surface area contributed by atoms with E-state index in [9.17, 15) is 4.79 Å². The Morgan fingerprint density at radius 1 is 1.47 bits per heavy atom. The van der Waals surface area contributed by atoms with Gasteiger partial charge in [-0.15, -0.1) is 0 Å². The van der Waals surface area contributed by atoms with Crippen LogP contribution >= 0.6 is 0 Å². The molecule has 1 heterocycles. The second kappa shape index (κ2) is 4.73. The normalized spacial score (nSPS) is 15.0. The van der Waals surface area contributed by atoms with E-state index in [4.69, 9.17) is 15.9 Å². The summed E-state index contributed by atoms with van der Waals surface area (Å²) in [7, 11) is 0. The van der Waals surface area contributed by atoms with Crippen molar-refractivity contribution in [1.29, 1.82) is 0 Å². The van der Waals surface area contributed by atoms with Crippen molar-refractivity contribution in [3.05, 3.63) is 34.3 Å². The van der Waals surface area contributed by atoms with Crippen LogP contribution in [0.1, 0.15) is 24.9 Å². The first kappa shape index (κ1) is 11.9. The number of fused-ring (bicyclic) bond motifs is 1. The number of nitrogens with one attached hydrogen (secondary N) is 1. The Kier molecular flexibility index (Phi) is 3.31. The maximum Gasteiger partial charge on any atom is 0.417 e. The molecule has 0 radical (unpaired) electrons. The highest BCUT2D eigenvalue weighted by molar-refractivity contribution is 5.72. The first-order valence-electron chi connectivity index (χ1n) is 5.70. The molecule has 2 unspecified atom stereocenters. The highest BCUT2D eigenvalue weighted by Gasteiger charge is 2.15. The molecule has 0 saturated heterocycles. The molecule has 5 N–H and O–H groups in total. The minimum absolute atomic E-state index is 0.0943. The molecule has 1 aromatic heterocycles. The number of rotatable bonds is 4. The molecule has 0 saturated carbocycles. The maximum absolute atomic E-state index is 11.0. The number of aromatic nitrogens is 1. The average Bonchev–Trinajstić information content (AvgIpc) is 2.67. The molecule has 0 spiro atoms. The van der Waals surface area contributed by atoms with E-state index in [0.717, 1.165) is 12.0 Å². The van der Waals surface area contributed by atoms with Gasteiger partial charge in [0.2, 0.25) is 0 Å². The first-order valence-corrected chi connectivity index (χ1v) is 5.70. The SMILES string of the molecule is CC(CCN)C(N)c1ccc2[nH]c(=O)oc2c1. The van der Waals surface area contributed by atoms with E-state index in [1.54, 1.807) is 0 Å². The Morgan fingerprint density at radius 3 is 2.94 bits per heavy atom. The number of benzene rings is 1. The molecule has 5 heteroatoms. The zero-order chi connectivity index (χ0) is 12.4. The Hall–Kier alpha value is -1.59. The third-order valence-electron chi connectivity index (χ3n) is 3.07. The number of oxazole rings is 1. The average molecular weight is 235 g/mol. The van der Waals surface area contributed by atoms with E-state index < -0.39 is 5.76 Å². The zero-order valence-corrected chi connectivity index (χ0v) is 9.77. The zero-order valence-electron chi connectivity index (χ0n) is 9.77. The fourth-order valence-corrected chi connectivity index (χ4v) is 1.94. The molecule has 0 aliphatic rings. The van der Waals surface area contributed by atoms with E-state index in [0.29, 0.717) is 23.6 Å². The van der Waals surface area contributed by atoms with Crippen molar-refractivity contribution in [2.75, 3.05) is 6.54 Å². The predicted molar refractivity (Wildman–Crippen MR) is 66.6 cm³/mol. The Morgan fingerprint density at radius 2 is 2.24 bits per heavy atom. The highest BCUT2D eigenvalue weighted by atomic mass is 16.4. The van der Waals surface area contributed by atoms with Gasteiger partial charge in [0.25, 0.3) is 0 Å². The molecule has 2 rings (SSSR count). The lowest BCUT2D eigenvalue weighted by Crippen LogP contribution is -2.21. The lowest BCUT2D eigenvalue weighted by Gasteiger charge is -2.19. The minimum atomic E-state index is -0.444. The maximum atomic E-state index is 11.0. The number of H-pyrrole nitrogens is 1. The lowest BCUT2D eigenvalue weighted by atomic mass is 9.93. The second-order valence-electron chi connectivity index (χ2n) is 4.35. The smallest absolute Gasteiger partial charge is 0.408 e. The largest absolute Gasteiger partial charge is 0.417 e. The Balaban J connectivity index is 2.32. The van der Waals surface area contributed by atoms with Gasteiger partial charge in [0.1, 0.15) is 0 Å². The van der Waals surface area contributed by atoms with Crippen LogP contribution in [-0.2, 0) is 0 Å². The van der Waals surface area contributed by atoms with Gasteiger partial charge in [0.15, 0.2) is 5.58 Å². The van der Waals surface area contributed by atoms with Crippen LogP contribution in [0.3, 0.4) is 0 Å². The summed E-state index contributed by atoms with van der Waals surface area (Å²) < 4.78 is 5.01. The molecule has 0 aliphatic carbocycles. The van der Waals surface area contributed by atoms with E-state index in [1.807, 2.05) is 18.2 Å². The van der Waals surface area contributed by atoms with Crippen molar-refractivity contribution in [2.24, 2.45) is 17.4 Å². The topological polar surface area (TPSA) is 98.0 Å². The fourth-order valence-electron chi connectivity index (χ4n) is 1.94. The molecule has 17 heavy (non-hydrogen) atoms. The Labute approximate surface area is 98.8 Å². The van der Waals surface area contributed by atoms with Gasteiger partial charge in [0, 0.05) is 6.04 Å². The molecule has 0 fully saturated rings. The molecule has 0 amide bonds. The van der Waals surface area contributed by atoms with Crippen LogP contribution in [0.25, 0.3) is 11.1 Å². The summed E-state index contributed by atoms with van der Waals surface area (Å²) in [5.41, 5.74) is 13.9. The van der Waals surface area contributed by atoms with E-state index in [2.05, 4.69) is 11.9 Å². The Bertz CT molecular complexity index is 558. The molecule has 5 nitrogen and oxygen atoms in total. The molecule has 1 aromatic carbocycles. The second-order valence-corrected chi connectivity index (χ2v) is 4.35. The van der Waals surface area contributed by atoms with E-state index in [-0.39, 0.29) is 6.04 Å². The summed E-state index contributed by atoms with van der Waals surface area (Å²) in [6.45, 7) is 2.69. The summed E-state index contributed by atoms with van der Waals surface area (Å²) in [5, 5.41) is 0. The van der Waals surface area contributed by atoms with Crippen LogP contribution in [0.2, 0.25) is 0 Å². The van der Waals surface area contributed by atoms with Gasteiger partial charge < -0.3 is 15.9 Å². The van der Waals surface area contributed by atoms with Crippen molar-refractivity contribution in [2.45, 2.75) is 19.4 Å². The van der Waals surface area contributed by atoms with Crippen molar-refractivity contribution in [3.8, 4) is 0 Å². The van der Waals surface area contributed by atoms with E-state index >= 15 is 0 Å². The van der Waals surface area contributed by atoms with Crippen molar-refractivity contribution >= 4 is 11.1 Å². The molecule has 2 aromatic rings. The summed E-state index contributed by atoms with van der Waals surface area (Å²) in [6.07, 6.45) is 0.871. The summed E-state index contributed by atoms with van der Waals surface area (Å²) in [6, 6.07) is 5.43. The quantitative estimate of drug-likeness (QED) is 0.739. The third kappa shape index (κ3) is 2.40. The predicted octanol–water partition coefficient (Wildman–Crippen LogP) is 1.11. The van der Waals surface area contributed by atoms with Gasteiger partial charge in [-0.25, -0.2) is 4.79 Å². The molecular weight excluding hydrogens is 218 g/mol. The fraction of sp³-hybridized carbons (Fsp3) is 0.417. The first-order chi connectivity index (χ1) is 8.11. The van der Waals surface area contributed by atoms with Crippen LogP contribution in [0, 0.1) is 5.92 Å². The lowest BCUT2D eigenvalue weighted by molar-refractivity contribution is 0.444. The van der Waals surface area contributed by atoms with Crippen molar-refractivity contribution in [1.82, 2.24) is 4.98 Å².